The molecule has 0 aliphatic heterocycles. The van der Waals surface area contributed by atoms with Crippen molar-refractivity contribution in [3.05, 3.63) is 60.2 Å². The Morgan fingerprint density at radius 1 is 1.08 bits per heavy atom. The highest BCUT2D eigenvalue weighted by Gasteiger charge is 2.23. The number of benzene rings is 2. The second-order valence-electron chi connectivity index (χ2n) is 4.96. The van der Waals surface area contributed by atoms with Crippen molar-refractivity contribution in [1.29, 1.82) is 0 Å². The number of rotatable bonds is 5. The van der Waals surface area contributed by atoms with Crippen LogP contribution in [0.4, 0.5) is 4.79 Å². The highest BCUT2D eigenvalue weighted by atomic mass is 16.6. The van der Waals surface area contributed by atoms with E-state index in [9.17, 15) is 9.59 Å². The maximum absolute atomic E-state index is 12.3. The van der Waals surface area contributed by atoms with Gasteiger partial charge in [-0.05, 0) is 22.9 Å². The highest BCUT2D eigenvalue weighted by Crippen LogP contribution is 2.11. The van der Waals surface area contributed by atoms with Crippen LogP contribution < -0.4 is 5.01 Å². The molecule has 8 heteroatoms. The highest BCUT2D eigenvalue weighted by molar-refractivity contribution is 5.87. The predicted octanol–water partition coefficient (Wildman–Crippen LogP) is 1.79. The average Bonchev–Trinajstić information content (AvgIpc) is 3.02. The molecule has 2 aromatic carbocycles. The van der Waals surface area contributed by atoms with Crippen molar-refractivity contribution in [3.8, 4) is 0 Å². The maximum Gasteiger partial charge on any atom is 0.431 e. The van der Waals surface area contributed by atoms with E-state index in [0.717, 1.165) is 15.4 Å². The molecular weight excluding hydrogens is 312 g/mol. The van der Waals surface area contributed by atoms with E-state index in [-0.39, 0.29) is 6.61 Å². The Hall–Kier alpha value is -3.42. The van der Waals surface area contributed by atoms with Crippen LogP contribution in [0.25, 0.3) is 11.0 Å². The third kappa shape index (κ3) is 3.32. The lowest BCUT2D eigenvalue weighted by Gasteiger charge is -2.19. The van der Waals surface area contributed by atoms with Gasteiger partial charge in [0.05, 0.1) is 0 Å². The lowest BCUT2D eigenvalue weighted by atomic mass is 10.2. The Kier molecular flexibility index (Phi) is 4.37. The van der Waals surface area contributed by atoms with Gasteiger partial charge >= 0.3 is 12.1 Å². The van der Waals surface area contributed by atoms with E-state index in [2.05, 4.69) is 10.3 Å². The van der Waals surface area contributed by atoms with Gasteiger partial charge in [0.2, 0.25) is 0 Å². The summed E-state index contributed by atoms with van der Waals surface area (Å²) in [5, 5.41) is 17.7. The molecule has 0 aliphatic carbocycles. The number of aliphatic carboxylic acids is 1. The van der Waals surface area contributed by atoms with Crippen LogP contribution in [-0.4, -0.2) is 38.8 Å². The van der Waals surface area contributed by atoms with Gasteiger partial charge in [0.25, 0.3) is 0 Å². The molecule has 0 atom stereocenters. The number of hydrogen-bond acceptors (Lipinski definition) is 5. The molecule has 0 radical (unpaired) electrons. The third-order valence-corrected chi connectivity index (χ3v) is 3.26. The van der Waals surface area contributed by atoms with Crippen molar-refractivity contribution in [1.82, 2.24) is 15.1 Å². The monoisotopic (exact) mass is 326 g/mol. The number of amides is 1. The molecule has 0 saturated carbocycles. The average molecular weight is 326 g/mol. The van der Waals surface area contributed by atoms with E-state index >= 15 is 0 Å². The zero-order valence-electron chi connectivity index (χ0n) is 12.6. The SMILES string of the molecule is O=C(O)CN(C(=O)OCc1ccccc1)n1nnc2ccccc21. The summed E-state index contributed by atoms with van der Waals surface area (Å²) in [5.74, 6) is -1.19. The normalized spacial score (nSPS) is 10.5. The van der Waals surface area contributed by atoms with E-state index in [1.807, 2.05) is 18.2 Å². The van der Waals surface area contributed by atoms with Crippen molar-refractivity contribution in [2.75, 3.05) is 11.6 Å². The first-order valence-corrected chi connectivity index (χ1v) is 7.16. The zero-order valence-corrected chi connectivity index (χ0v) is 12.6. The molecule has 1 heterocycles. The van der Waals surface area contributed by atoms with Gasteiger partial charge in [0.1, 0.15) is 24.2 Å². The second-order valence-corrected chi connectivity index (χ2v) is 4.96. The molecule has 24 heavy (non-hydrogen) atoms. The number of carbonyl (C=O) groups is 2. The molecule has 1 N–H and O–H groups in total. The molecule has 0 saturated heterocycles. The van der Waals surface area contributed by atoms with Gasteiger partial charge in [0, 0.05) is 0 Å². The minimum atomic E-state index is -1.19. The van der Waals surface area contributed by atoms with Crippen molar-refractivity contribution in [2.45, 2.75) is 6.61 Å². The second kappa shape index (κ2) is 6.78. The molecule has 0 spiro atoms. The topological polar surface area (TPSA) is 97.6 Å². The van der Waals surface area contributed by atoms with Crippen LogP contribution in [0.3, 0.4) is 0 Å². The molecule has 1 amide bonds. The number of para-hydroxylation sites is 1. The summed E-state index contributed by atoms with van der Waals surface area (Å²) >= 11 is 0. The largest absolute Gasteiger partial charge is 0.480 e. The van der Waals surface area contributed by atoms with E-state index < -0.39 is 18.6 Å². The Labute approximate surface area is 136 Å². The molecule has 122 valence electrons. The Balaban J connectivity index is 1.83. The van der Waals surface area contributed by atoms with Gasteiger partial charge in [-0.1, -0.05) is 42.5 Å². The van der Waals surface area contributed by atoms with Gasteiger partial charge in [-0.25, -0.2) is 4.79 Å². The zero-order chi connectivity index (χ0) is 16.9. The van der Waals surface area contributed by atoms with Crippen LogP contribution in [0.15, 0.2) is 54.6 Å². The molecular formula is C16H14N4O4. The van der Waals surface area contributed by atoms with Gasteiger partial charge in [-0.2, -0.15) is 5.01 Å². The predicted molar refractivity (Wildman–Crippen MR) is 84.9 cm³/mol. The Morgan fingerprint density at radius 3 is 2.54 bits per heavy atom. The summed E-state index contributed by atoms with van der Waals surface area (Å²) in [6.45, 7) is -0.566. The smallest absolute Gasteiger partial charge is 0.431 e. The molecule has 1 aromatic heterocycles. The molecule has 8 nitrogen and oxygen atoms in total. The van der Waals surface area contributed by atoms with Gasteiger partial charge < -0.3 is 9.84 Å². The van der Waals surface area contributed by atoms with Gasteiger partial charge in [-0.15, -0.1) is 9.89 Å². The number of fused-ring (bicyclic) bond motifs is 1. The number of aromatic nitrogens is 3. The summed E-state index contributed by atoms with van der Waals surface area (Å²) in [7, 11) is 0. The number of ether oxygens (including phenoxy) is 1. The maximum atomic E-state index is 12.3. The minimum absolute atomic E-state index is 0.0302. The van der Waals surface area contributed by atoms with Crippen LogP contribution in [0, 0.1) is 0 Å². The van der Waals surface area contributed by atoms with Crippen LogP contribution in [0.5, 0.6) is 0 Å². The first-order valence-electron chi connectivity index (χ1n) is 7.16. The van der Waals surface area contributed by atoms with Crippen molar-refractivity contribution in [2.24, 2.45) is 0 Å². The molecule has 0 unspecified atom stereocenters. The van der Waals surface area contributed by atoms with Crippen molar-refractivity contribution < 1.29 is 19.4 Å². The number of carboxylic acid groups (broad SMARTS) is 1. The Morgan fingerprint density at radius 2 is 1.79 bits per heavy atom. The van der Waals surface area contributed by atoms with Crippen molar-refractivity contribution in [3.63, 3.8) is 0 Å². The van der Waals surface area contributed by atoms with E-state index in [4.69, 9.17) is 9.84 Å². The quantitative estimate of drug-likeness (QED) is 0.767. The summed E-state index contributed by atoms with van der Waals surface area (Å²) in [6, 6.07) is 16.0. The van der Waals surface area contributed by atoms with E-state index in [1.165, 1.54) is 0 Å². The van der Waals surface area contributed by atoms with Gasteiger partial charge in [0.15, 0.2) is 0 Å². The van der Waals surface area contributed by atoms with Crippen molar-refractivity contribution >= 4 is 23.1 Å². The molecule has 3 rings (SSSR count). The van der Waals surface area contributed by atoms with E-state index in [1.54, 1.807) is 36.4 Å². The number of carboxylic acids is 1. The molecule has 0 fully saturated rings. The fourth-order valence-electron chi connectivity index (χ4n) is 2.17. The van der Waals surface area contributed by atoms with Crippen LogP contribution in [0.2, 0.25) is 0 Å². The first-order chi connectivity index (χ1) is 11.6. The lowest BCUT2D eigenvalue weighted by molar-refractivity contribution is -0.135. The van der Waals surface area contributed by atoms with Crippen LogP contribution in [-0.2, 0) is 16.1 Å². The summed E-state index contributed by atoms with van der Waals surface area (Å²) in [5.41, 5.74) is 1.85. The summed E-state index contributed by atoms with van der Waals surface area (Å²) < 4.78 is 5.20. The number of carbonyl (C=O) groups excluding carboxylic acids is 1. The lowest BCUT2D eigenvalue weighted by Crippen LogP contribution is -2.45. The number of nitrogens with zero attached hydrogens (tertiary/aromatic N) is 4. The fraction of sp³-hybridized carbons (Fsp3) is 0.125. The minimum Gasteiger partial charge on any atom is -0.480 e. The number of hydrogen-bond donors (Lipinski definition) is 1. The summed E-state index contributed by atoms with van der Waals surface area (Å²) in [4.78, 5) is 24.6. The standard InChI is InChI=1S/C16H14N4O4/c21-15(22)10-19(16(23)24-11-12-6-2-1-3-7-12)20-14-9-5-4-8-13(14)17-18-20/h1-9H,10-11H2,(H,21,22). The van der Waals surface area contributed by atoms with Crippen LogP contribution >= 0.6 is 0 Å². The van der Waals surface area contributed by atoms with E-state index in [0.29, 0.717) is 11.0 Å². The fourth-order valence-corrected chi connectivity index (χ4v) is 2.17. The van der Waals surface area contributed by atoms with Gasteiger partial charge in [-0.3, -0.25) is 4.79 Å². The third-order valence-electron chi connectivity index (χ3n) is 3.26. The molecule has 0 aliphatic rings. The summed E-state index contributed by atoms with van der Waals surface area (Å²) in [6.07, 6.45) is -0.822. The van der Waals surface area contributed by atoms with Crippen LogP contribution in [0.1, 0.15) is 5.56 Å². The Bertz CT molecular complexity index is 863. The molecule has 0 bridgehead atoms. The molecule has 3 aromatic rings. The first kappa shape index (κ1) is 15.5.